The summed E-state index contributed by atoms with van der Waals surface area (Å²) in [6, 6.07) is 0.284. The lowest BCUT2D eigenvalue weighted by Gasteiger charge is -2.46. The Morgan fingerprint density at radius 1 is 1.30 bits per heavy atom. The molecule has 0 aliphatic carbocycles. The average molecular weight is 320 g/mol. The van der Waals surface area contributed by atoms with Crippen LogP contribution in [0.2, 0.25) is 0 Å². The number of carbonyl (C=O) groups excluding carboxylic acids is 1. The molecule has 2 aliphatic rings. The molecule has 1 aromatic heterocycles. The van der Waals surface area contributed by atoms with Gasteiger partial charge in [0.25, 0.3) is 5.91 Å². The van der Waals surface area contributed by atoms with Gasteiger partial charge in [0, 0.05) is 17.1 Å². The lowest BCUT2D eigenvalue weighted by atomic mass is 9.79. The molecule has 3 heterocycles. The molecule has 0 radical (unpaired) electrons. The fraction of sp³-hybridized carbons (Fsp3) is 0.765. The van der Waals surface area contributed by atoms with Crippen LogP contribution in [0, 0.1) is 0 Å². The molecular formula is C17H28N4O2. The van der Waals surface area contributed by atoms with Gasteiger partial charge >= 0.3 is 0 Å². The summed E-state index contributed by atoms with van der Waals surface area (Å²) in [5, 5.41) is 10.1. The zero-order valence-electron chi connectivity index (χ0n) is 14.5. The van der Waals surface area contributed by atoms with Crippen molar-refractivity contribution in [3.63, 3.8) is 0 Å². The van der Waals surface area contributed by atoms with Crippen molar-refractivity contribution in [3.05, 3.63) is 17.8 Å². The molecule has 6 nitrogen and oxygen atoms in total. The zero-order chi connectivity index (χ0) is 16.7. The van der Waals surface area contributed by atoms with E-state index in [9.17, 15) is 4.79 Å². The SMILES string of the molecule is CC1(C)CC(NC(=O)c2coc(C3CCCN3)n2)CC(C)(C)N1. The molecule has 0 aromatic carbocycles. The van der Waals surface area contributed by atoms with E-state index in [1.165, 1.54) is 6.26 Å². The van der Waals surface area contributed by atoms with Gasteiger partial charge in [0.2, 0.25) is 5.89 Å². The molecule has 0 bridgehead atoms. The van der Waals surface area contributed by atoms with E-state index in [-0.39, 0.29) is 29.1 Å². The highest BCUT2D eigenvalue weighted by Gasteiger charge is 2.38. The van der Waals surface area contributed by atoms with Crippen molar-refractivity contribution in [1.29, 1.82) is 0 Å². The number of hydrogen-bond acceptors (Lipinski definition) is 5. The number of carbonyl (C=O) groups is 1. The van der Waals surface area contributed by atoms with Crippen LogP contribution in [0.25, 0.3) is 0 Å². The van der Waals surface area contributed by atoms with Gasteiger partial charge in [-0.3, -0.25) is 4.79 Å². The fourth-order valence-electron chi connectivity index (χ4n) is 4.13. The quantitative estimate of drug-likeness (QED) is 0.795. The van der Waals surface area contributed by atoms with Crippen molar-refractivity contribution >= 4 is 5.91 Å². The molecule has 1 aromatic rings. The van der Waals surface area contributed by atoms with Gasteiger partial charge in [-0.1, -0.05) is 0 Å². The van der Waals surface area contributed by atoms with Crippen LogP contribution < -0.4 is 16.0 Å². The van der Waals surface area contributed by atoms with E-state index in [0.29, 0.717) is 11.6 Å². The molecule has 2 fully saturated rings. The van der Waals surface area contributed by atoms with Gasteiger partial charge in [-0.2, -0.15) is 0 Å². The molecule has 23 heavy (non-hydrogen) atoms. The first-order valence-corrected chi connectivity index (χ1v) is 8.53. The number of rotatable bonds is 3. The monoisotopic (exact) mass is 320 g/mol. The second-order valence-corrected chi connectivity index (χ2v) is 8.19. The molecular weight excluding hydrogens is 292 g/mol. The number of aromatic nitrogens is 1. The van der Waals surface area contributed by atoms with Gasteiger partial charge in [-0.25, -0.2) is 4.98 Å². The maximum Gasteiger partial charge on any atom is 0.273 e. The molecule has 128 valence electrons. The van der Waals surface area contributed by atoms with Crippen LogP contribution in [-0.2, 0) is 0 Å². The van der Waals surface area contributed by atoms with Crippen molar-refractivity contribution in [1.82, 2.24) is 20.9 Å². The third-order valence-electron chi connectivity index (χ3n) is 4.64. The molecule has 3 rings (SSSR count). The summed E-state index contributed by atoms with van der Waals surface area (Å²) in [4.78, 5) is 16.9. The van der Waals surface area contributed by atoms with Crippen LogP contribution in [-0.4, -0.2) is 34.6 Å². The Kier molecular flexibility index (Phi) is 4.23. The standard InChI is InChI=1S/C17H28N4O2/c1-16(2)8-11(9-17(3,4)21-16)19-14(22)13-10-23-15(20-13)12-6-5-7-18-12/h10-12,18,21H,5-9H2,1-4H3,(H,19,22). The number of oxazole rings is 1. The van der Waals surface area contributed by atoms with Crippen LogP contribution in [0.1, 0.15) is 75.8 Å². The molecule has 0 saturated carbocycles. The topological polar surface area (TPSA) is 79.2 Å². The minimum atomic E-state index is -0.142. The third-order valence-corrected chi connectivity index (χ3v) is 4.64. The van der Waals surface area contributed by atoms with Crippen LogP contribution in [0.5, 0.6) is 0 Å². The predicted molar refractivity (Wildman–Crippen MR) is 88.3 cm³/mol. The minimum absolute atomic E-state index is 0.00243. The molecule has 2 aliphatic heterocycles. The van der Waals surface area contributed by atoms with E-state index < -0.39 is 0 Å². The van der Waals surface area contributed by atoms with Gasteiger partial charge in [-0.15, -0.1) is 0 Å². The normalized spacial score (nSPS) is 27.0. The van der Waals surface area contributed by atoms with Gasteiger partial charge in [0.1, 0.15) is 6.26 Å². The van der Waals surface area contributed by atoms with Crippen molar-refractivity contribution in [2.24, 2.45) is 0 Å². The Morgan fingerprint density at radius 3 is 2.61 bits per heavy atom. The zero-order valence-corrected chi connectivity index (χ0v) is 14.5. The first-order valence-electron chi connectivity index (χ1n) is 8.53. The number of piperidine rings is 1. The second-order valence-electron chi connectivity index (χ2n) is 8.19. The van der Waals surface area contributed by atoms with Crippen LogP contribution in [0.15, 0.2) is 10.7 Å². The largest absolute Gasteiger partial charge is 0.446 e. The Hall–Kier alpha value is -1.40. The molecule has 6 heteroatoms. The third kappa shape index (κ3) is 3.93. The number of nitrogens with one attached hydrogen (secondary N) is 3. The summed E-state index contributed by atoms with van der Waals surface area (Å²) in [7, 11) is 0. The average Bonchev–Trinajstić information content (AvgIpc) is 3.06. The Labute approximate surface area is 137 Å². The highest BCUT2D eigenvalue weighted by molar-refractivity contribution is 5.92. The van der Waals surface area contributed by atoms with E-state index in [0.717, 1.165) is 32.2 Å². The summed E-state index contributed by atoms with van der Waals surface area (Å²) in [6.45, 7) is 9.67. The van der Waals surface area contributed by atoms with Crippen molar-refractivity contribution < 1.29 is 9.21 Å². The van der Waals surface area contributed by atoms with Crippen molar-refractivity contribution in [3.8, 4) is 0 Å². The summed E-state index contributed by atoms with van der Waals surface area (Å²) >= 11 is 0. The van der Waals surface area contributed by atoms with E-state index in [4.69, 9.17) is 4.42 Å². The maximum atomic E-state index is 12.5. The van der Waals surface area contributed by atoms with Gasteiger partial charge < -0.3 is 20.4 Å². The predicted octanol–water partition coefficient (Wildman–Crippen LogP) is 2.14. The summed E-state index contributed by atoms with van der Waals surface area (Å²) < 4.78 is 5.49. The van der Waals surface area contributed by atoms with E-state index >= 15 is 0 Å². The highest BCUT2D eigenvalue weighted by Crippen LogP contribution is 2.29. The van der Waals surface area contributed by atoms with Crippen molar-refractivity contribution in [2.75, 3.05) is 6.54 Å². The Morgan fingerprint density at radius 2 is 2.00 bits per heavy atom. The number of amides is 1. The number of nitrogens with zero attached hydrogens (tertiary/aromatic N) is 1. The molecule has 3 N–H and O–H groups in total. The maximum absolute atomic E-state index is 12.5. The summed E-state index contributed by atoms with van der Waals surface area (Å²) in [6.07, 6.45) is 5.40. The smallest absolute Gasteiger partial charge is 0.273 e. The lowest BCUT2D eigenvalue weighted by molar-refractivity contribution is 0.0868. The van der Waals surface area contributed by atoms with Gasteiger partial charge in [0.15, 0.2) is 5.69 Å². The Bertz CT molecular complexity index is 557. The lowest BCUT2D eigenvalue weighted by Crippen LogP contribution is -2.62. The second kappa shape index (κ2) is 5.91. The van der Waals surface area contributed by atoms with E-state index in [2.05, 4.69) is 48.6 Å². The van der Waals surface area contributed by atoms with E-state index in [1.807, 2.05) is 0 Å². The van der Waals surface area contributed by atoms with Crippen LogP contribution in [0.3, 0.4) is 0 Å². The fourth-order valence-corrected chi connectivity index (χ4v) is 4.13. The van der Waals surface area contributed by atoms with Crippen molar-refractivity contribution in [2.45, 2.75) is 76.5 Å². The molecule has 1 amide bonds. The van der Waals surface area contributed by atoms with Crippen LogP contribution >= 0.6 is 0 Å². The van der Waals surface area contributed by atoms with E-state index in [1.54, 1.807) is 0 Å². The molecule has 2 saturated heterocycles. The van der Waals surface area contributed by atoms with Gasteiger partial charge in [0.05, 0.1) is 6.04 Å². The molecule has 0 spiro atoms. The highest BCUT2D eigenvalue weighted by atomic mass is 16.3. The van der Waals surface area contributed by atoms with Gasteiger partial charge in [-0.05, 0) is 59.9 Å². The first-order chi connectivity index (χ1) is 10.7. The minimum Gasteiger partial charge on any atom is -0.446 e. The summed E-state index contributed by atoms with van der Waals surface area (Å²) in [5.41, 5.74) is 0.382. The molecule has 1 atom stereocenters. The molecule has 1 unspecified atom stereocenters. The first kappa shape index (κ1) is 16.5. The Balaban J connectivity index is 1.64. The summed E-state index contributed by atoms with van der Waals surface area (Å²) in [5.74, 6) is 0.482. The van der Waals surface area contributed by atoms with Crippen LogP contribution in [0.4, 0.5) is 0 Å². The number of hydrogen-bond donors (Lipinski definition) is 3.